The average molecular weight is 493 g/mol. The summed E-state index contributed by atoms with van der Waals surface area (Å²) in [5, 5.41) is 14.7. The van der Waals surface area contributed by atoms with Gasteiger partial charge in [0, 0.05) is 54.3 Å². The molecule has 0 unspecified atom stereocenters. The zero-order chi connectivity index (χ0) is 22.9. The van der Waals surface area contributed by atoms with E-state index in [2.05, 4.69) is 4.90 Å². The molecule has 1 fully saturated rings. The van der Waals surface area contributed by atoms with Crippen LogP contribution in [0.5, 0.6) is 0 Å². The van der Waals surface area contributed by atoms with Crippen LogP contribution in [0.4, 0.5) is 5.69 Å². The standard InChI is InChI=1S/C21H21ClN4O4S2/c1-15-2-7-18(26(27)28)12-20(15)32(29,30)25-10-8-24(9-11-25)13-21-23-19(14-31-21)16-3-5-17(22)6-4-16/h2-7,12,14H,8-11,13H2,1H3. The van der Waals surface area contributed by atoms with Gasteiger partial charge >= 0.3 is 0 Å². The van der Waals surface area contributed by atoms with Crippen LogP contribution in [0.2, 0.25) is 5.02 Å². The predicted octanol–water partition coefficient (Wildman–Crippen LogP) is 4.19. The molecule has 11 heteroatoms. The van der Waals surface area contributed by atoms with Gasteiger partial charge in [0.05, 0.1) is 22.1 Å². The molecule has 3 aromatic rings. The van der Waals surface area contributed by atoms with Crippen molar-refractivity contribution in [2.75, 3.05) is 26.2 Å². The van der Waals surface area contributed by atoms with Gasteiger partial charge in [-0.15, -0.1) is 11.3 Å². The molecular weight excluding hydrogens is 472 g/mol. The average Bonchev–Trinajstić information content (AvgIpc) is 3.23. The van der Waals surface area contributed by atoms with Gasteiger partial charge in [0.25, 0.3) is 5.69 Å². The predicted molar refractivity (Wildman–Crippen MR) is 124 cm³/mol. The number of non-ortho nitro benzene ring substituents is 1. The molecule has 0 saturated carbocycles. The number of nitrogens with zero attached hydrogens (tertiary/aromatic N) is 4. The third kappa shape index (κ3) is 4.84. The Morgan fingerprint density at radius 1 is 1.12 bits per heavy atom. The Labute approximate surface area is 195 Å². The van der Waals surface area contributed by atoms with Crippen LogP contribution in [0.25, 0.3) is 11.3 Å². The van der Waals surface area contributed by atoms with Crippen LogP contribution in [0.3, 0.4) is 0 Å². The second-order valence-electron chi connectivity index (χ2n) is 7.52. The zero-order valence-electron chi connectivity index (χ0n) is 17.3. The van der Waals surface area contributed by atoms with Crippen molar-refractivity contribution in [2.45, 2.75) is 18.4 Å². The van der Waals surface area contributed by atoms with Crippen LogP contribution in [-0.4, -0.2) is 53.7 Å². The Kier molecular flexibility index (Phi) is 6.59. The molecular formula is C21H21ClN4O4S2. The number of sulfonamides is 1. The van der Waals surface area contributed by atoms with Crippen LogP contribution in [0.15, 0.2) is 52.7 Å². The molecule has 0 atom stereocenters. The van der Waals surface area contributed by atoms with Crippen molar-refractivity contribution < 1.29 is 13.3 Å². The third-order valence-corrected chi connectivity index (χ3v) is 8.51. The highest BCUT2D eigenvalue weighted by Gasteiger charge is 2.31. The largest absolute Gasteiger partial charge is 0.294 e. The molecule has 2 aromatic carbocycles. The van der Waals surface area contributed by atoms with E-state index in [1.165, 1.54) is 16.4 Å². The van der Waals surface area contributed by atoms with Gasteiger partial charge in [0.1, 0.15) is 5.01 Å². The number of rotatable bonds is 6. The number of nitro groups is 1. The first kappa shape index (κ1) is 22.8. The van der Waals surface area contributed by atoms with Crippen LogP contribution < -0.4 is 0 Å². The number of hydrogen-bond acceptors (Lipinski definition) is 7. The lowest BCUT2D eigenvalue weighted by Gasteiger charge is -2.33. The summed E-state index contributed by atoms with van der Waals surface area (Å²) < 4.78 is 27.6. The van der Waals surface area contributed by atoms with Crippen LogP contribution in [-0.2, 0) is 16.6 Å². The molecule has 168 valence electrons. The van der Waals surface area contributed by atoms with Gasteiger partial charge in [-0.25, -0.2) is 13.4 Å². The lowest BCUT2D eigenvalue weighted by molar-refractivity contribution is -0.385. The molecule has 0 N–H and O–H groups in total. The van der Waals surface area contributed by atoms with E-state index in [1.54, 1.807) is 18.3 Å². The van der Waals surface area contributed by atoms with Crippen molar-refractivity contribution >= 4 is 38.6 Å². The lowest BCUT2D eigenvalue weighted by Crippen LogP contribution is -2.48. The van der Waals surface area contributed by atoms with E-state index in [9.17, 15) is 18.5 Å². The molecule has 4 rings (SSSR count). The first-order valence-corrected chi connectivity index (χ1v) is 12.6. The van der Waals surface area contributed by atoms with E-state index in [0.29, 0.717) is 43.3 Å². The van der Waals surface area contributed by atoms with Crippen LogP contribution in [0.1, 0.15) is 10.6 Å². The van der Waals surface area contributed by atoms with Crippen LogP contribution >= 0.6 is 22.9 Å². The number of benzene rings is 2. The number of nitro benzene ring substituents is 1. The van der Waals surface area contributed by atoms with Gasteiger partial charge in [-0.3, -0.25) is 15.0 Å². The fraction of sp³-hybridized carbons (Fsp3) is 0.286. The molecule has 1 aliphatic heterocycles. The van der Waals surface area contributed by atoms with E-state index in [0.717, 1.165) is 22.3 Å². The van der Waals surface area contributed by atoms with Gasteiger partial charge in [0.2, 0.25) is 10.0 Å². The van der Waals surface area contributed by atoms with E-state index >= 15 is 0 Å². The quantitative estimate of drug-likeness (QED) is 0.378. The van der Waals surface area contributed by atoms with Crippen LogP contribution in [0, 0.1) is 17.0 Å². The molecule has 1 saturated heterocycles. The fourth-order valence-corrected chi connectivity index (χ4v) is 6.21. The number of aromatic nitrogens is 1. The molecule has 32 heavy (non-hydrogen) atoms. The summed E-state index contributed by atoms with van der Waals surface area (Å²) >= 11 is 7.52. The summed E-state index contributed by atoms with van der Waals surface area (Å²) in [6, 6.07) is 11.5. The summed E-state index contributed by atoms with van der Waals surface area (Å²) in [5.41, 5.74) is 2.16. The van der Waals surface area contributed by atoms with Crippen molar-refractivity contribution in [3.63, 3.8) is 0 Å². The smallest absolute Gasteiger partial charge is 0.270 e. The topological polar surface area (TPSA) is 96.6 Å². The Morgan fingerprint density at radius 2 is 1.81 bits per heavy atom. The SMILES string of the molecule is Cc1ccc([N+](=O)[O-])cc1S(=O)(=O)N1CCN(Cc2nc(-c3ccc(Cl)cc3)cs2)CC1. The van der Waals surface area contributed by atoms with Gasteiger partial charge in [-0.2, -0.15) is 4.31 Å². The zero-order valence-corrected chi connectivity index (χ0v) is 19.7. The molecule has 0 spiro atoms. The van der Waals surface area contributed by atoms with Gasteiger partial charge < -0.3 is 0 Å². The summed E-state index contributed by atoms with van der Waals surface area (Å²) in [6.45, 7) is 4.04. The van der Waals surface area contributed by atoms with Gasteiger partial charge in [-0.1, -0.05) is 29.8 Å². The van der Waals surface area contributed by atoms with E-state index in [1.807, 2.05) is 29.6 Å². The lowest BCUT2D eigenvalue weighted by atomic mass is 10.2. The summed E-state index contributed by atoms with van der Waals surface area (Å²) in [4.78, 5) is 17.3. The Hall–Kier alpha value is -2.37. The summed E-state index contributed by atoms with van der Waals surface area (Å²) in [7, 11) is -3.80. The minimum Gasteiger partial charge on any atom is -0.294 e. The minimum atomic E-state index is -3.80. The van der Waals surface area contributed by atoms with Gasteiger partial charge in [0.15, 0.2) is 0 Å². The van der Waals surface area contributed by atoms with Crippen molar-refractivity contribution in [2.24, 2.45) is 0 Å². The summed E-state index contributed by atoms with van der Waals surface area (Å²) in [6.07, 6.45) is 0. The molecule has 0 aliphatic carbocycles. The van der Waals surface area contributed by atoms with E-state index in [4.69, 9.17) is 16.6 Å². The minimum absolute atomic E-state index is 0.00678. The maximum absolute atomic E-state index is 13.1. The number of thiazole rings is 1. The Morgan fingerprint density at radius 3 is 2.47 bits per heavy atom. The van der Waals surface area contributed by atoms with Gasteiger partial charge in [-0.05, 0) is 24.6 Å². The first-order valence-electron chi connectivity index (χ1n) is 9.92. The van der Waals surface area contributed by atoms with Crippen molar-refractivity contribution in [1.29, 1.82) is 0 Å². The highest BCUT2D eigenvalue weighted by molar-refractivity contribution is 7.89. The molecule has 0 radical (unpaired) electrons. The molecule has 0 amide bonds. The van der Waals surface area contributed by atoms with Crippen molar-refractivity contribution in [3.05, 3.63) is 73.6 Å². The maximum atomic E-state index is 13.1. The molecule has 2 heterocycles. The highest BCUT2D eigenvalue weighted by Crippen LogP contribution is 2.27. The monoisotopic (exact) mass is 492 g/mol. The second kappa shape index (κ2) is 9.24. The second-order valence-corrected chi connectivity index (χ2v) is 10.8. The maximum Gasteiger partial charge on any atom is 0.270 e. The number of piperazine rings is 1. The fourth-order valence-electron chi connectivity index (χ4n) is 3.58. The molecule has 8 nitrogen and oxygen atoms in total. The van der Waals surface area contributed by atoms with Crippen molar-refractivity contribution in [3.8, 4) is 11.3 Å². The number of aryl methyl sites for hydroxylation is 1. The van der Waals surface area contributed by atoms with E-state index < -0.39 is 14.9 Å². The number of halogens is 1. The van der Waals surface area contributed by atoms with E-state index in [-0.39, 0.29) is 10.6 Å². The first-order chi connectivity index (χ1) is 15.2. The van der Waals surface area contributed by atoms with Crippen molar-refractivity contribution in [1.82, 2.24) is 14.2 Å². The Bertz CT molecular complexity index is 1240. The molecule has 1 aliphatic rings. The molecule has 0 bridgehead atoms. The number of hydrogen-bond donors (Lipinski definition) is 0. The summed E-state index contributed by atoms with van der Waals surface area (Å²) in [5.74, 6) is 0. The normalized spacial score (nSPS) is 15.7. The third-order valence-electron chi connectivity index (χ3n) is 5.38. The molecule has 1 aromatic heterocycles. The highest BCUT2D eigenvalue weighted by atomic mass is 35.5. The Balaban J connectivity index is 1.41.